The van der Waals surface area contributed by atoms with Crippen molar-refractivity contribution in [3.63, 3.8) is 0 Å². The highest BCUT2D eigenvalue weighted by molar-refractivity contribution is 5.29. The second kappa shape index (κ2) is 6.48. The summed E-state index contributed by atoms with van der Waals surface area (Å²) in [6.45, 7) is 5.04. The minimum atomic E-state index is 0.273. The molecule has 0 amide bonds. The van der Waals surface area contributed by atoms with Crippen LogP contribution in [0.1, 0.15) is 13.8 Å². The first-order valence-corrected chi connectivity index (χ1v) is 6.07. The summed E-state index contributed by atoms with van der Waals surface area (Å²) in [4.78, 5) is 12.6. The molecule has 7 nitrogen and oxygen atoms in total. The fraction of sp³-hybridized carbons (Fsp3) is 0.333. The minimum Gasteiger partial charge on any atom is -0.459 e. The summed E-state index contributed by atoms with van der Waals surface area (Å²) in [7, 11) is 0. The Hall–Kier alpha value is -2.44. The number of nitrogens with zero attached hydrogens (tertiary/aromatic N) is 5. The maximum atomic E-state index is 5.44. The van der Waals surface area contributed by atoms with E-state index in [-0.39, 0.29) is 6.01 Å². The molecule has 2 aromatic rings. The number of allylic oxidation sites excluding steroid dienone is 1. The molecule has 0 radical (unpaired) electrons. The lowest BCUT2D eigenvalue weighted by Gasteiger charge is -2.07. The maximum absolute atomic E-state index is 5.44. The van der Waals surface area contributed by atoms with E-state index >= 15 is 0 Å². The predicted octanol–water partition coefficient (Wildman–Crippen LogP) is 1.44. The van der Waals surface area contributed by atoms with Gasteiger partial charge in [-0.1, -0.05) is 12.2 Å². The molecular weight excluding hydrogens is 244 g/mol. The third-order valence-corrected chi connectivity index (χ3v) is 2.19. The molecule has 2 aromatic heterocycles. The quantitative estimate of drug-likeness (QED) is 0.792. The minimum absolute atomic E-state index is 0.273. The number of rotatable bonds is 6. The monoisotopic (exact) mass is 260 g/mol. The molecule has 0 saturated carbocycles. The zero-order chi connectivity index (χ0) is 13.5. The van der Waals surface area contributed by atoms with Gasteiger partial charge < -0.3 is 10.1 Å². The van der Waals surface area contributed by atoms with Crippen molar-refractivity contribution < 1.29 is 4.74 Å². The van der Waals surface area contributed by atoms with Crippen molar-refractivity contribution in [3.05, 3.63) is 30.6 Å². The highest BCUT2D eigenvalue weighted by atomic mass is 16.5. The molecule has 1 N–H and O–H groups in total. The van der Waals surface area contributed by atoms with Crippen molar-refractivity contribution in [2.75, 3.05) is 18.5 Å². The van der Waals surface area contributed by atoms with Gasteiger partial charge in [0.15, 0.2) is 0 Å². The summed E-state index contributed by atoms with van der Waals surface area (Å²) in [6.07, 6.45) is 7.21. The highest BCUT2D eigenvalue weighted by Crippen LogP contribution is 2.10. The van der Waals surface area contributed by atoms with Gasteiger partial charge in [-0.25, -0.2) is 4.68 Å². The third-order valence-electron chi connectivity index (χ3n) is 2.19. The summed E-state index contributed by atoms with van der Waals surface area (Å²) >= 11 is 0. The van der Waals surface area contributed by atoms with Gasteiger partial charge in [0.2, 0.25) is 5.95 Å². The van der Waals surface area contributed by atoms with Gasteiger partial charge in [-0.05, 0) is 19.9 Å². The van der Waals surface area contributed by atoms with Crippen LogP contribution in [0.5, 0.6) is 6.01 Å². The standard InChI is InChI=1S/C12H16N6O/c1-3-5-9-19-12-16-10(13-4-2)15-11(17-12)18-8-6-7-14-18/h3,5-8H,4,9H2,1-2H3,(H,13,15,16,17)/b5-3+. The first-order chi connectivity index (χ1) is 9.33. The molecule has 0 unspecified atom stereocenters. The van der Waals surface area contributed by atoms with E-state index in [1.807, 2.05) is 26.0 Å². The van der Waals surface area contributed by atoms with Crippen LogP contribution >= 0.6 is 0 Å². The van der Waals surface area contributed by atoms with Crippen molar-refractivity contribution in [3.8, 4) is 12.0 Å². The Kier molecular flexibility index (Phi) is 4.44. The van der Waals surface area contributed by atoms with Gasteiger partial charge in [-0.3, -0.25) is 0 Å². The predicted molar refractivity (Wildman–Crippen MR) is 71.4 cm³/mol. The number of anilines is 1. The number of nitrogens with one attached hydrogen (secondary N) is 1. The zero-order valence-corrected chi connectivity index (χ0v) is 10.9. The fourth-order valence-corrected chi connectivity index (χ4v) is 1.36. The average Bonchev–Trinajstić information content (AvgIpc) is 2.93. The molecule has 0 saturated heterocycles. The smallest absolute Gasteiger partial charge is 0.323 e. The first kappa shape index (κ1) is 13.0. The molecule has 19 heavy (non-hydrogen) atoms. The molecule has 0 aromatic carbocycles. The molecule has 0 fully saturated rings. The molecular formula is C12H16N6O. The molecule has 0 aliphatic heterocycles. The van der Waals surface area contributed by atoms with Gasteiger partial charge in [0.05, 0.1) is 0 Å². The Bertz CT molecular complexity index is 537. The van der Waals surface area contributed by atoms with E-state index in [1.165, 1.54) is 0 Å². The largest absolute Gasteiger partial charge is 0.459 e. The second-order valence-electron chi connectivity index (χ2n) is 3.60. The molecule has 7 heteroatoms. The lowest BCUT2D eigenvalue weighted by atomic mass is 10.6. The van der Waals surface area contributed by atoms with Crippen LogP contribution in [0, 0.1) is 0 Å². The Morgan fingerprint density at radius 1 is 1.37 bits per heavy atom. The summed E-state index contributed by atoms with van der Waals surface area (Å²) in [6, 6.07) is 2.08. The Balaban J connectivity index is 2.27. The highest BCUT2D eigenvalue weighted by Gasteiger charge is 2.08. The topological polar surface area (TPSA) is 77.8 Å². The molecule has 2 heterocycles. The van der Waals surface area contributed by atoms with Crippen LogP contribution in [-0.4, -0.2) is 37.9 Å². The first-order valence-electron chi connectivity index (χ1n) is 6.07. The van der Waals surface area contributed by atoms with E-state index in [4.69, 9.17) is 4.74 Å². The number of hydrogen-bond donors (Lipinski definition) is 1. The number of aromatic nitrogens is 5. The average molecular weight is 260 g/mol. The second-order valence-corrected chi connectivity index (χ2v) is 3.60. The van der Waals surface area contributed by atoms with Gasteiger partial charge in [-0.15, -0.1) is 0 Å². The van der Waals surface area contributed by atoms with Gasteiger partial charge >= 0.3 is 6.01 Å². The van der Waals surface area contributed by atoms with E-state index in [0.29, 0.717) is 18.5 Å². The van der Waals surface area contributed by atoms with Gasteiger partial charge in [0.25, 0.3) is 5.95 Å². The van der Waals surface area contributed by atoms with Crippen molar-refractivity contribution in [1.82, 2.24) is 24.7 Å². The zero-order valence-electron chi connectivity index (χ0n) is 10.9. The summed E-state index contributed by atoms with van der Waals surface area (Å²) < 4.78 is 7.00. The van der Waals surface area contributed by atoms with E-state index in [0.717, 1.165) is 6.54 Å². The summed E-state index contributed by atoms with van der Waals surface area (Å²) in [5.41, 5.74) is 0. The maximum Gasteiger partial charge on any atom is 0.323 e. The lowest BCUT2D eigenvalue weighted by Crippen LogP contribution is -2.11. The van der Waals surface area contributed by atoms with Gasteiger partial charge in [-0.2, -0.15) is 20.1 Å². The van der Waals surface area contributed by atoms with Crippen LogP contribution in [0.4, 0.5) is 5.95 Å². The van der Waals surface area contributed by atoms with Crippen molar-refractivity contribution in [2.45, 2.75) is 13.8 Å². The van der Waals surface area contributed by atoms with Crippen LogP contribution in [0.3, 0.4) is 0 Å². The van der Waals surface area contributed by atoms with Crippen molar-refractivity contribution in [1.29, 1.82) is 0 Å². The van der Waals surface area contributed by atoms with Crippen LogP contribution in [-0.2, 0) is 0 Å². The van der Waals surface area contributed by atoms with Crippen molar-refractivity contribution >= 4 is 5.95 Å². The van der Waals surface area contributed by atoms with Crippen molar-refractivity contribution in [2.24, 2.45) is 0 Å². The summed E-state index contributed by atoms with van der Waals surface area (Å²) in [5, 5.41) is 7.13. The van der Waals surface area contributed by atoms with Gasteiger partial charge in [0, 0.05) is 18.9 Å². The molecule has 100 valence electrons. The lowest BCUT2D eigenvalue weighted by molar-refractivity contribution is 0.331. The van der Waals surface area contributed by atoms with E-state index < -0.39 is 0 Å². The molecule has 0 aliphatic rings. The number of ether oxygens (including phenoxy) is 1. The molecule has 0 aliphatic carbocycles. The molecule has 0 spiro atoms. The third kappa shape index (κ3) is 3.51. The van der Waals surface area contributed by atoms with Gasteiger partial charge in [0.1, 0.15) is 6.61 Å². The fourth-order valence-electron chi connectivity index (χ4n) is 1.36. The van der Waals surface area contributed by atoms with E-state index in [2.05, 4.69) is 25.4 Å². The van der Waals surface area contributed by atoms with Crippen LogP contribution in [0.15, 0.2) is 30.6 Å². The number of hydrogen-bond acceptors (Lipinski definition) is 6. The molecule has 0 bridgehead atoms. The summed E-state index contributed by atoms with van der Waals surface area (Å²) in [5.74, 6) is 0.893. The molecule has 0 atom stereocenters. The van der Waals surface area contributed by atoms with Crippen LogP contribution in [0.25, 0.3) is 5.95 Å². The van der Waals surface area contributed by atoms with Crippen LogP contribution in [0.2, 0.25) is 0 Å². The normalized spacial score (nSPS) is 10.8. The Labute approximate surface area is 111 Å². The van der Waals surface area contributed by atoms with E-state index in [1.54, 1.807) is 23.1 Å². The Morgan fingerprint density at radius 3 is 2.95 bits per heavy atom. The molecule has 2 rings (SSSR count). The Morgan fingerprint density at radius 2 is 2.26 bits per heavy atom. The SMILES string of the molecule is C/C=C/COc1nc(NCC)nc(-n2cccn2)n1. The van der Waals surface area contributed by atoms with E-state index in [9.17, 15) is 0 Å². The van der Waals surface area contributed by atoms with Crippen LogP contribution < -0.4 is 10.1 Å².